The van der Waals surface area contributed by atoms with Gasteiger partial charge in [0, 0.05) is 12.5 Å². The summed E-state index contributed by atoms with van der Waals surface area (Å²) in [5.74, 6) is -0.467. The second-order valence-corrected chi connectivity index (χ2v) is 5.48. The van der Waals surface area contributed by atoms with Crippen molar-refractivity contribution in [1.82, 2.24) is 14.9 Å². The van der Waals surface area contributed by atoms with Crippen LogP contribution in [0.25, 0.3) is 0 Å². The van der Waals surface area contributed by atoms with Crippen LogP contribution in [-0.2, 0) is 9.53 Å². The van der Waals surface area contributed by atoms with Gasteiger partial charge in [-0.15, -0.1) is 0 Å². The molecule has 0 aromatic carbocycles. The molecule has 7 nitrogen and oxygen atoms in total. The highest BCUT2D eigenvalue weighted by atomic mass is 35.5. The Bertz CT molecular complexity index is 564. The van der Waals surface area contributed by atoms with Crippen molar-refractivity contribution in [2.24, 2.45) is 5.73 Å². The van der Waals surface area contributed by atoms with Crippen LogP contribution in [-0.4, -0.2) is 52.5 Å². The van der Waals surface area contributed by atoms with E-state index in [9.17, 15) is 9.59 Å². The third kappa shape index (κ3) is 3.30. The first-order valence-electron chi connectivity index (χ1n) is 6.62. The maximum absolute atomic E-state index is 12.6. The predicted octanol–water partition coefficient (Wildman–Crippen LogP) is 0.580. The lowest BCUT2D eigenvalue weighted by Crippen LogP contribution is -2.55. The molecule has 0 saturated carbocycles. The molecule has 0 radical (unpaired) electrons. The van der Waals surface area contributed by atoms with Gasteiger partial charge in [-0.1, -0.05) is 25.4 Å². The van der Waals surface area contributed by atoms with Crippen LogP contribution in [0.1, 0.15) is 36.1 Å². The van der Waals surface area contributed by atoms with Gasteiger partial charge in [0.1, 0.15) is 11.9 Å². The molecule has 8 heteroatoms. The van der Waals surface area contributed by atoms with Crippen molar-refractivity contribution in [2.45, 2.75) is 25.8 Å². The molecule has 1 aromatic heterocycles. The number of halogens is 1. The topological polar surface area (TPSA) is 98.4 Å². The molecule has 0 spiro atoms. The van der Waals surface area contributed by atoms with Crippen molar-refractivity contribution in [2.75, 3.05) is 19.8 Å². The Morgan fingerprint density at radius 3 is 2.86 bits per heavy atom. The quantitative estimate of drug-likeness (QED) is 0.880. The van der Waals surface area contributed by atoms with Crippen molar-refractivity contribution in [1.29, 1.82) is 0 Å². The Morgan fingerprint density at radius 1 is 1.52 bits per heavy atom. The van der Waals surface area contributed by atoms with E-state index in [1.807, 2.05) is 13.8 Å². The van der Waals surface area contributed by atoms with E-state index in [4.69, 9.17) is 22.1 Å². The number of hydrogen-bond donors (Lipinski definition) is 1. The van der Waals surface area contributed by atoms with E-state index in [2.05, 4.69) is 9.97 Å². The summed E-state index contributed by atoms with van der Waals surface area (Å²) in [6.45, 7) is 4.52. The van der Waals surface area contributed by atoms with Crippen LogP contribution in [0.3, 0.4) is 0 Å². The van der Waals surface area contributed by atoms with Gasteiger partial charge in [-0.3, -0.25) is 9.59 Å². The SMILES string of the molecule is CC(C)c1ncc(Cl)c(C(=O)N2CCOCC2C(N)=O)n1. The number of primary amides is 1. The normalized spacial score (nSPS) is 18.9. The van der Waals surface area contributed by atoms with Crippen molar-refractivity contribution < 1.29 is 14.3 Å². The van der Waals surface area contributed by atoms with E-state index in [1.165, 1.54) is 11.1 Å². The minimum Gasteiger partial charge on any atom is -0.377 e. The highest BCUT2D eigenvalue weighted by Gasteiger charge is 2.33. The molecule has 1 fully saturated rings. The molecule has 1 aliphatic heterocycles. The van der Waals surface area contributed by atoms with Gasteiger partial charge in [-0.05, 0) is 0 Å². The van der Waals surface area contributed by atoms with Crippen LogP contribution in [0.5, 0.6) is 0 Å². The lowest BCUT2D eigenvalue weighted by Gasteiger charge is -2.33. The van der Waals surface area contributed by atoms with Gasteiger partial charge in [0.15, 0.2) is 5.69 Å². The Labute approximate surface area is 127 Å². The minimum atomic E-state index is -0.806. The standard InChI is InChI=1S/C13H17ClN4O3/c1-7(2)12-16-5-8(14)10(17-12)13(20)18-3-4-21-6-9(18)11(15)19/h5,7,9H,3-4,6H2,1-2H3,(H2,15,19). The highest BCUT2D eigenvalue weighted by Crippen LogP contribution is 2.20. The number of hydrogen-bond acceptors (Lipinski definition) is 5. The number of amides is 2. The van der Waals surface area contributed by atoms with Gasteiger partial charge >= 0.3 is 0 Å². The lowest BCUT2D eigenvalue weighted by atomic mass is 10.1. The molecular weight excluding hydrogens is 296 g/mol. The lowest BCUT2D eigenvalue weighted by molar-refractivity contribution is -0.127. The molecule has 1 atom stereocenters. The molecule has 0 bridgehead atoms. The summed E-state index contributed by atoms with van der Waals surface area (Å²) in [6, 6.07) is -0.806. The molecule has 2 heterocycles. The number of nitrogens with two attached hydrogens (primary N) is 1. The smallest absolute Gasteiger partial charge is 0.274 e. The van der Waals surface area contributed by atoms with Crippen LogP contribution in [0.2, 0.25) is 5.02 Å². The van der Waals surface area contributed by atoms with Crippen LogP contribution in [0.4, 0.5) is 0 Å². The number of aromatic nitrogens is 2. The number of carbonyl (C=O) groups excluding carboxylic acids is 2. The molecule has 2 amide bonds. The van der Waals surface area contributed by atoms with Gasteiger partial charge in [-0.2, -0.15) is 0 Å². The Hall–Kier alpha value is -1.73. The fourth-order valence-corrected chi connectivity index (χ4v) is 2.20. The van der Waals surface area contributed by atoms with Crippen LogP contribution in [0.15, 0.2) is 6.20 Å². The number of nitrogens with zero attached hydrogens (tertiary/aromatic N) is 3. The second kappa shape index (κ2) is 6.36. The second-order valence-electron chi connectivity index (χ2n) is 5.07. The molecule has 114 valence electrons. The van der Waals surface area contributed by atoms with Gasteiger partial charge in [0.2, 0.25) is 5.91 Å². The van der Waals surface area contributed by atoms with Crippen LogP contribution >= 0.6 is 11.6 Å². The summed E-state index contributed by atoms with van der Waals surface area (Å²) in [6.07, 6.45) is 1.40. The summed E-state index contributed by atoms with van der Waals surface area (Å²) in [5.41, 5.74) is 5.40. The maximum atomic E-state index is 12.6. The van der Waals surface area contributed by atoms with Crippen molar-refractivity contribution in [3.63, 3.8) is 0 Å². The van der Waals surface area contributed by atoms with E-state index >= 15 is 0 Å². The summed E-state index contributed by atoms with van der Waals surface area (Å²) in [7, 11) is 0. The fraction of sp³-hybridized carbons (Fsp3) is 0.538. The molecule has 1 aliphatic rings. The molecule has 0 aliphatic carbocycles. The number of rotatable bonds is 3. The average Bonchev–Trinajstić information content (AvgIpc) is 2.46. The van der Waals surface area contributed by atoms with Gasteiger partial charge < -0.3 is 15.4 Å². The summed E-state index contributed by atoms with van der Waals surface area (Å²) < 4.78 is 5.19. The van der Waals surface area contributed by atoms with Gasteiger partial charge in [0.05, 0.1) is 24.4 Å². The molecule has 2 rings (SSSR count). The molecule has 1 saturated heterocycles. The molecule has 1 unspecified atom stereocenters. The minimum absolute atomic E-state index is 0.0606. The Balaban J connectivity index is 2.34. The van der Waals surface area contributed by atoms with Crippen LogP contribution < -0.4 is 5.73 Å². The van der Waals surface area contributed by atoms with E-state index in [1.54, 1.807) is 0 Å². The first kappa shape index (κ1) is 15.7. The zero-order valence-electron chi connectivity index (χ0n) is 11.9. The van der Waals surface area contributed by atoms with Gasteiger partial charge in [0.25, 0.3) is 5.91 Å². The average molecular weight is 313 g/mol. The number of morpholine rings is 1. The Kier molecular flexibility index (Phi) is 4.74. The van der Waals surface area contributed by atoms with Crippen LogP contribution in [0, 0.1) is 0 Å². The molecular formula is C13H17ClN4O3. The molecule has 2 N–H and O–H groups in total. The molecule has 1 aromatic rings. The first-order chi connectivity index (χ1) is 9.91. The third-order valence-corrected chi connectivity index (χ3v) is 3.48. The number of carbonyl (C=O) groups is 2. The van der Waals surface area contributed by atoms with E-state index < -0.39 is 17.9 Å². The van der Waals surface area contributed by atoms with E-state index in [-0.39, 0.29) is 29.8 Å². The monoisotopic (exact) mass is 312 g/mol. The van der Waals surface area contributed by atoms with E-state index in [0.29, 0.717) is 12.4 Å². The predicted molar refractivity (Wildman–Crippen MR) is 76.0 cm³/mol. The highest BCUT2D eigenvalue weighted by molar-refractivity contribution is 6.33. The largest absolute Gasteiger partial charge is 0.377 e. The first-order valence-corrected chi connectivity index (χ1v) is 7.00. The van der Waals surface area contributed by atoms with Gasteiger partial charge in [-0.25, -0.2) is 9.97 Å². The third-order valence-electron chi connectivity index (χ3n) is 3.20. The van der Waals surface area contributed by atoms with Crippen molar-refractivity contribution in [3.8, 4) is 0 Å². The summed E-state index contributed by atoms with van der Waals surface area (Å²) >= 11 is 6.02. The zero-order valence-corrected chi connectivity index (χ0v) is 12.6. The van der Waals surface area contributed by atoms with Crippen molar-refractivity contribution in [3.05, 3.63) is 22.7 Å². The molecule has 21 heavy (non-hydrogen) atoms. The number of ether oxygens (including phenoxy) is 1. The summed E-state index contributed by atoms with van der Waals surface area (Å²) in [4.78, 5) is 33.7. The van der Waals surface area contributed by atoms with E-state index in [0.717, 1.165) is 0 Å². The fourth-order valence-electron chi connectivity index (χ4n) is 2.03. The maximum Gasteiger partial charge on any atom is 0.274 e. The summed E-state index contributed by atoms with van der Waals surface area (Å²) in [5, 5.41) is 0.152. The van der Waals surface area contributed by atoms with Crippen molar-refractivity contribution >= 4 is 23.4 Å². The Morgan fingerprint density at radius 2 is 2.24 bits per heavy atom. The zero-order chi connectivity index (χ0) is 15.6.